The monoisotopic (exact) mass is 728 g/mol. The fourth-order valence-electron chi connectivity index (χ4n) is 4.69. The quantitative estimate of drug-likeness (QED) is 0.0242. The van der Waals surface area contributed by atoms with Crippen LogP contribution in [0.15, 0.2) is 45.6 Å². The van der Waals surface area contributed by atoms with Crippen molar-refractivity contribution in [2.24, 2.45) is 10.3 Å². The maximum Gasteiger partial charge on any atom is 0.280 e. The molecule has 1 unspecified atom stereocenters. The van der Waals surface area contributed by atoms with Crippen molar-refractivity contribution in [3.63, 3.8) is 0 Å². The molecule has 2 heterocycles. The fourth-order valence-corrected chi connectivity index (χ4v) is 4.69. The van der Waals surface area contributed by atoms with Gasteiger partial charge in [0.25, 0.3) is 11.5 Å². The van der Waals surface area contributed by atoms with E-state index in [2.05, 4.69) is 61.9 Å². The number of carbonyl (C=O) groups is 2. The number of nitrogens with one attached hydrogen (secondary N) is 6. The van der Waals surface area contributed by atoms with E-state index in [9.17, 15) is 19.6 Å². The number of anilines is 2. The van der Waals surface area contributed by atoms with Gasteiger partial charge in [-0.25, -0.2) is 14.9 Å². The van der Waals surface area contributed by atoms with Crippen molar-refractivity contribution in [1.29, 1.82) is 0 Å². The van der Waals surface area contributed by atoms with Crippen LogP contribution in [0.2, 0.25) is 0 Å². The molecule has 3 rings (SSSR count). The van der Waals surface area contributed by atoms with Crippen LogP contribution in [0.3, 0.4) is 0 Å². The number of amides is 2. The second-order valence-electron chi connectivity index (χ2n) is 12.9. The van der Waals surface area contributed by atoms with Crippen LogP contribution in [0.4, 0.5) is 11.6 Å². The summed E-state index contributed by atoms with van der Waals surface area (Å²) in [6.45, 7) is 9.80. The summed E-state index contributed by atoms with van der Waals surface area (Å²) in [5, 5.41) is 46.2. The number of aromatic amines is 1. The van der Waals surface area contributed by atoms with Crippen LogP contribution in [0, 0.1) is 0 Å². The van der Waals surface area contributed by atoms with Gasteiger partial charge in [0.2, 0.25) is 11.9 Å². The molecule has 0 aliphatic carbocycles. The highest BCUT2D eigenvalue weighted by Gasteiger charge is 2.26. The summed E-state index contributed by atoms with van der Waals surface area (Å²) in [6, 6.07) is 5.91. The Morgan fingerprint density at radius 1 is 1.04 bits per heavy atom. The minimum absolute atomic E-state index is 0.0263. The van der Waals surface area contributed by atoms with Crippen molar-refractivity contribution < 1.29 is 35.0 Å². The van der Waals surface area contributed by atoms with Gasteiger partial charge in [-0.2, -0.15) is 10.5 Å². The van der Waals surface area contributed by atoms with Crippen molar-refractivity contribution in [1.82, 2.24) is 41.4 Å². The summed E-state index contributed by atoms with van der Waals surface area (Å²) in [4.78, 5) is 62.1. The normalized spacial score (nSPS) is 13.2. The molecule has 2 amide bonds. The number of H-pyrrole nitrogens is 1. The Hall–Kier alpha value is -5.28. The van der Waals surface area contributed by atoms with Crippen molar-refractivity contribution in [3.05, 3.63) is 52.1 Å². The molecule has 2 aromatic heterocycles. The van der Waals surface area contributed by atoms with Gasteiger partial charge in [-0.15, -0.1) is 0 Å². The molecule has 52 heavy (non-hydrogen) atoms. The summed E-state index contributed by atoms with van der Waals surface area (Å²) in [7, 11) is 0. The first kappa shape index (κ1) is 41.1. The Labute approximate surface area is 299 Å². The molecule has 0 aliphatic heterocycles. The van der Waals surface area contributed by atoms with Gasteiger partial charge in [-0.1, -0.05) is 10.3 Å². The van der Waals surface area contributed by atoms with Crippen molar-refractivity contribution >= 4 is 46.0 Å². The number of carbonyl (C=O) groups excluding carboxylic acids is 2. The number of aromatic nitrogens is 4. The van der Waals surface area contributed by atoms with Gasteiger partial charge >= 0.3 is 0 Å². The third-order valence-corrected chi connectivity index (χ3v) is 8.12. The van der Waals surface area contributed by atoms with Crippen LogP contribution in [-0.4, -0.2) is 102 Å². The predicted molar refractivity (Wildman–Crippen MR) is 192 cm³/mol. The van der Waals surface area contributed by atoms with Gasteiger partial charge in [-0.05, 0) is 65.3 Å². The first-order chi connectivity index (χ1) is 24.7. The summed E-state index contributed by atoms with van der Waals surface area (Å²) >= 11 is 0. The van der Waals surface area contributed by atoms with Crippen LogP contribution in [0.1, 0.15) is 69.9 Å². The highest BCUT2D eigenvalue weighted by atomic mass is 17.1. The largest absolute Gasteiger partial charge is 0.411 e. The molecule has 11 N–H and O–H groups in total. The second-order valence-corrected chi connectivity index (χ2v) is 12.9. The van der Waals surface area contributed by atoms with E-state index in [4.69, 9.17) is 21.0 Å². The Balaban J connectivity index is 1.40. The molecule has 0 spiro atoms. The Kier molecular flexibility index (Phi) is 15.3. The third-order valence-electron chi connectivity index (χ3n) is 8.12. The van der Waals surface area contributed by atoms with Gasteiger partial charge in [0, 0.05) is 37.2 Å². The Morgan fingerprint density at radius 3 is 2.44 bits per heavy atom. The number of benzene rings is 1. The second kappa shape index (κ2) is 19.4. The zero-order valence-corrected chi connectivity index (χ0v) is 29.8. The van der Waals surface area contributed by atoms with E-state index in [-0.39, 0.29) is 68.6 Å². The number of nitrogens with two attached hydrogens (primary N) is 1. The standard InChI is InChI=1S/C32H48N12O8/c1-19(42-48)31(2,3)44-51-15-14-37-32(4,5)24(43-49)12-13-34-25(45)11-10-22(18-52-50)39-28(46)20-6-8-21(9-7-20)35-16-23-17-36-27-26(38-23)29(47)41-30(33)40-27/h6-9,17,22,35,37,44,48-50H,10-16,18H2,1-5H3,(H,34,45)(H,39,46)(H3,33,36,40,41,47)/b42-19+,43-24+. The van der Waals surface area contributed by atoms with Crippen LogP contribution < -0.4 is 38.0 Å². The predicted octanol–water partition coefficient (Wildman–Crippen LogP) is 1.13. The number of hydroxylamine groups is 1. The van der Waals surface area contributed by atoms with Gasteiger partial charge in [-0.3, -0.25) is 29.5 Å². The number of nitrogen functional groups attached to an aromatic ring is 1. The molecule has 3 aromatic rings. The molecule has 0 aliphatic rings. The SMILES string of the molecule is C/C(=N\O)C(C)(C)NOCCNC(C)(C)/C(CCNC(=O)CCC(COO)NC(=O)c1ccc(NCc2cnc3nc(N)[nH]c(=O)c3n2)cc1)=N/O. The molecule has 0 fully saturated rings. The molecule has 1 aromatic carbocycles. The van der Waals surface area contributed by atoms with E-state index < -0.39 is 28.6 Å². The topological polar surface area (TPSA) is 296 Å². The van der Waals surface area contributed by atoms with Crippen molar-refractivity contribution in [2.75, 3.05) is 37.4 Å². The molecular weight excluding hydrogens is 680 g/mol. The lowest BCUT2D eigenvalue weighted by molar-refractivity contribution is -0.246. The summed E-state index contributed by atoms with van der Waals surface area (Å²) in [6.07, 6.45) is 1.94. The van der Waals surface area contributed by atoms with E-state index in [1.165, 1.54) is 6.20 Å². The average Bonchev–Trinajstić information content (AvgIpc) is 3.11. The molecule has 20 heteroatoms. The first-order valence-electron chi connectivity index (χ1n) is 16.4. The summed E-state index contributed by atoms with van der Waals surface area (Å²) in [5.74, 6) is -0.786. The average molecular weight is 729 g/mol. The van der Waals surface area contributed by atoms with Gasteiger partial charge < -0.3 is 37.4 Å². The Bertz CT molecular complexity index is 1760. The summed E-state index contributed by atoms with van der Waals surface area (Å²) in [5.41, 5.74) is 9.06. The van der Waals surface area contributed by atoms with Crippen LogP contribution in [0.25, 0.3) is 11.2 Å². The van der Waals surface area contributed by atoms with Crippen LogP contribution in [-0.2, 0) is 21.1 Å². The van der Waals surface area contributed by atoms with E-state index in [1.807, 2.05) is 13.8 Å². The number of hydrogen-bond acceptors (Lipinski definition) is 17. The zero-order chi connectivity index (χ0) is 38.3. The lowest BCUT2D eigenvalue weighted by atomic mass is 9.95. The van der Waals surface area contributed by atoms with Gasteiger partial charge in [0.1, 0.15) is 6.61 Å². The van der Waals surface area contributed by atoms with E-state index in [0.29, 0.717) is 34.9 Å². The highest BCUT2D eigenvalue weighted by Crippen LogP contribution is 2.13. The smallest absolute Gasteiger partial charge is 0.280 e. The number of oxime groups is 2. The number of fused-ring (bicyclic) bond motifs is 1. The molecule has 1 atom stereocenters. The number of hydrogen-bond donors (Lipinski definition) is 10. The summed E-state index contributed by atoms with van der Waals surface area (Å²) < 4.78 is 0. The molecule has 20 nitrogen and oxygen atoms in total. The Morgan fingerprint density at radius 2 is 1.77 bits per heavy atom. The number of rotatable bonds is 21. The van der Waals surface area contributed by atoms with E-state index >= 15 is 0 Å². The number of nitrogens with zero attached hydrogens (tertiary/aromatic N) is 5. The minimum Gasteiger partial charge on any atom is -0.411 e. The molecule has 0 bridgehead atoms. The van der Waals surface area contributed by atoms with Gasteiger partial charge in [0.15, 0.2) is 11.2 Å². The van der Waals surface area contributed by atoms with E-state index in [0.717, 1.165) is 0 Å². The first-order valence-corrected chi connectivity index (χ1v) is 16.4. The maximum absolute atomic E-state index is 12.9. The highest BCUT2D eigenvalue weighted by molar-refractivity contribution is 5.95. The molecule has 0 saturated heterocycles. The van der Waals surface area contributed by atoms with Gasteiger partial charge in [0.05, 0.1) is 53.6 Å². The van der Waals surface area contributed by atoms with Crippen LogP contribution in [0.5, 0.6) is 0 Å². The molecule has 284 valence electrons. The zero-order valence-electron chi connectivity index (χ0n) is 29.8. The third kappa shape index (κ3) is 12.5. The molecule has 0 saturated carbocycles. The fraction of sp³-hybridized carbons (Fsp3) is 0.500. The maximum atomic E-state index is 12.9. The lowest BCUT2D eigenvalue weighted by Crippen LogP contribution is -2.50. The lowest BCUT2D eigenvalue weighted by Gasteiger charge is -2.28. The minimum atomic E-state index is -0.718. The molecular formula is C32H48N12O8. The van der Waals surface area contributed by atoms with Crippen LogP contribution >= 0.6 is 0 Å². The molecule has 0 radical (unpaired) electrons. The van der Waals surface area contributed by atoms with Crippen molar-refractivity contribution in [3.8, 4) is 0 Å². The van der Waals surface area contributed by atoms with Crippen molar-refractivity contribution in [2.45, 2.75) is 77.5 Å². The van der Waals surface area contributed by atoms with E-state index in [1.54, 1.807) is 45.0 Å².